The Morgan fingerprint density at radius 3 is 2.71 bits per heavy atom. The van der Waals surface area contributed by atoms with Crippen molar-refractivity contribution in [2.45, 2.75) is 97.7 Å². The topological polar surface area (TPSA) is 205 Å². The second kappa shape index (κ2) is 14.8. The number of thioether (sulfide) groups is 1. The van der Waals surface area contributed by atoms with Crippen molar-refractivity contribution < 1.29 is 34.4 Å². The molecule has 2 fully saturated rings. The number of aromatic nitrogens is 3. The molecule has 1 aliphatic carbocycles. The van der Waals surface area contributed by atoms with Crippen LogP contribution in [-0.2, 0) is 25.6 Å². The van der Waals surface area contributed by atoms with Crippen LogP contribution in [0.1, 0.15) is 56.6 Å². The molecule has 0 bridgehead atoms. The number of esters is 1. The van der Waals surface area contributed by atoms with E-state index in [-0.39, 0.29) is 25.9 Å². The zero-order valence-corrected chi connectivity index (χ0v) is 24.2. The molecule has 42 heavy (non-hydrogen) atoms. The number of benzene rings is 1. The summed E-state index contributed by atoms with van der Waals surface area (Å²) in [7, 11) is 1.19. The SMILES string of the molecule is COC(=O)[C@@]1(Sc2ccccc2)C[C@@H](O)[C@@H](NC(=O)Cn2cc(C3CCCCC3)nn2)C([C@H](O)C[C@H](O)CN=[N+]=[N-])O1. The quantitative estimate of drug-likeness (QED) is 0.120. The van der Waals surface area contributed by atoms with Crippen LogP contribution in [0.2, 0.25) is 0 Å². The van der Waals surface area contributed by atoms with Crippen molar-refractivity contribution in [3.05, 3.63) is 52.7 Å². The fourth-order valence-corrected chi connectivity index (χ4v) is 6.76. The second-order valence-electron chi connectivity index (χ2n) is 10.7. The molecule has 1 amide bonds. The van der Waals surface area contributed by atoms with E-state index in [0.29, 0.717) is 10.8 Å². The van der Waals surface area contributed by atoms with Gasteiger partial charge in [-0.1, -0.05) is 59.6 Å². The van der Waals surface area contributed by atoms with Crippen LogP contribution in [0.25, 0.3) is 10.4 Å². The number of hydrogen-bond acceptors (Lipinski definition) is 11. The number of nitrogens with zero attached hydrogens (tertiary/aromatic N) is 6. The predicted octanol–water partition coefficient (Wildman–Crippen LogP) is 2.04. The van der Waals surface area contributed by atoms with Crippen LogP contribution in [0.5, 0.6) is 0 Å². The van der Waals surface area contributed by atoms with Crippen LogP contribution in [0.3, 0.4) is 0 Å². The monoisotopic (exact) mass is 603 g/mol. The first-order chi connectivity index (χ1) is 20.2. The highest BCUT2D eigenvalue weighted by Crippen LogP contribution is 2.44. The zero-order chi connectivity index (χ0) is 30.1. The summed E-state index contributed by atoms with van der Waals surface area (Å²) in [4.78, 5) is 27.7. The molecule has 15 heteroatoms. The van der Waals surface area contributed by atoms with E-state index in [1.54, 1.807) is 30.5 Å². The van der Waals surface area contributed by atoms with E-state index in [1.807, 2.05) is 6.07 Å². The van der Waals surface area contributed by atoms with Gasteiger partial charge in [0.05, 0.1) is 43.7 Å². The highest BCUT2D eigenvalue weighted by Gasteiger charge is 2.55. The van der Waals surface area contributed by atoms with Gasteiger partial charge in [-0.05, 0) is 30.5 Å². The summed E-state index contributed by atoms with van der Waals surface area (Å²) in [5.41, 5.74) is 9.42. The summed E-state index contributed by atoms with van der Waals surface area (Å²) in [6, 6.07) is 7.72. The van der Waals surface area contributed by atoms with E-state index in [2.05, 4.69) is 25.7 Å². The van der Waals surface area contributed by atoms with Gasteiger partial charge < -0.3 is 30.1 Å². The van der Waals surface area contributed by atoms with Crippen LogP contribution >= 0.6 is 11.8 Å². The first kappa shape index (κ1) is 31.7. The van der Waals surface area contributed by atoms with Gasteiger partial charge in [-0.3, -0.25) is 4.79 Å². The first-order valence-electron chi connectivity index (χ1n) is 14.0. The molecule has 1 saturated carbocycles. The lowest BCUT2D eigenvalue weighted by atomic mass is 9.87. The van der Waals surface area contributed by atoms with Gasteiger partial charge in [0.25, 0.3) is 0 Å². The Balaban J connectivity index is 1.54. The largest absolute Gasteiger partial charge is 0.466 e. The van der Waals surface area contributed by atoms with E-state index in [4.69, 9.17) is 15.0 Å². The van der Waals surface area contributed by atoms with Crippen molar-refractivity contribution in [2.75, 3.05) is 13.7 Å². The van der Waals surface area contributed by atoms with Gasteiger partial charge in [-0.2, -0.15) is 0 Å². The summed E-state index contributed by atoms with van der Waals surface area (Å²) in [6.07, 6.45) is 1.31. The molecule has 6 atom stereocenters. The maximum Gasteiger partial charge on any atom is 0.349 e. The van der Waals surface area contributed by atoms with Gasteiger partial charge in [-0.15, -0.1) is 5.10 Å². The van der Waals surface area contributed by atoms with Crippen LogP contribution in [0, 0.1) is 0 Å². The van der Waals surface area contributed by atoms with Crippen LogP contribution in [0.4, 0.5) is 0 Å². The molecule has 1 saturated heterocycles. The molecule has 1 unspecified atom stereocenters. The van der Waals surface area contributed by atoms with Gasteiger partial charge >= 0.3 is 5.97 Å². The molecule has 4 N–H and O–H groups in total. The number of hydrogen-bond donors (Lipinski definition) is 4. The first-order valence-corrected chi connectivity index (χ1v) is 14.8. The molecule has 14 nitrogen and oxygen atoms in total. The second-order valence-corrected chi connectivity index (χ2v) is 12.0. The summed E-state index contributed by atoms with van der Waals surface area (Å²) in [5, 5.41) is 47.2. The van der Waals surface area contributed by atoms with Crippen molar-refractivity contribution in [3.63, 3.8) is 0 Å². The van der Waals surface area contributed by atoms with Gasteiger partial charge in [0.2, 0.25) is 10.8 Å². The number of rotatable bonds is 12. The number of aliphatic hydroxyl groups excluding tert-OH is 3. The third-order valence-electron chi connectivity index (χ3n) is 7.56. The average Bonchev–Trinajstić information content (AvgIpc) is 3.46. The number of ether oxygens (including phenoxy) is 2. The van der Waals surface area contributed by atoms with Gasteiger partial charge in [0.15, 0.2) is 0 Å². The standard InChI is InChI=1S/C27H37N7O7S/c1-40-26(39)27(42-19-10-6-3-7-11-19)13-22(37)24(25(41-27)21(36)12-18(35)14-29-32-28)30-23(38)16-34-15-20(31-33-34)17-8-4-2-5-9-17/h3,6-7,10-11,15,17-18,21-22,24-25,35-37H,2,4-5,8-9,12-14,16H2,1H3,(H,30,38)/t18-,21+,22+,24+,25?,27-/m0/s1. The minimum atomic E-state index is -1.76. The molecule has 2 aromatic rings. The van der Waals surface area contributed by atoms with Crippen molar-refractivity contribution >= 4 is 23.6 Å². The van der Waals surface area contributed by atoms with E-state index < -0.39 is 47.3 Å². The van der Waals surface area contributed by atoms with Crippen LogP contribution in [-0.4, -0.2) is 91.2 Å². The molecular formula is C27H37N7O7S. The minimum absolute atomic E-state index is 0.188. The molecule has 4 rings (SSSR count). The van der Waals surface area contributed by atoms with Gasteiger partial charge in [0.1, 0.15) is 12.6 Å². The minimum Gasteiger partial charge on any atom is -0.466 e. The number of methoxy groups -OCH3 is 1. The third-order valence-corrected chi connectivity index (χ3v) is 8.82. The molecule has 228 valence electrons. The van der Waals surface area contributed by atoms with E-state index >= 15 is 0 Å². The fraction of sp³-hybridized carbons (Fsp3) is 0.630. The molecule has 0 spiro atoms. The van der Waals surface area contributed by atoms with E-state index in [9.17, 15) is 24.9 Å². The Morgan fingerprint density at radius 2 is 2.02 bits per heavy atom. The number of carbonyl (C=O) groups is 2. The Morgan fingerprint density at radius 1 is 1.29 bits per heavy atom. The Kier molecular flexibility index (Phi) is 11.2. The third kappa shape index (κ3) is 8.00. The van der Waals surface area contributed by atoms with Crippen molar-refractivity contribution in [3.8, 4) is 0 Å². The lowest BCUT2D eigenvalue weighted by Crippen LogP contribution is -2.65. The highest BCUT2D eigenvalue weighted by molar-refractivity contribution is 8.01. The lowest BCUT2D eigenvalue weighted by Gasteiger charge is -2.46. The Hall–Kier alpha value is -3.20. The maximum absolute atomic E-state index is 13.1. The predicted molar refractivity (Wildman–Crippen MR) is 151 cm³/mol. The molecule has 0 radical (unpaired) electrons. The smallest absolute Gasteiger partial charge is 0.349 e. The normalized spacial score (nSPS) is 26.0. The fourth-order valence-electron chi connectivity index (χ4n) is 5.50. The Labute approximate surface area is 247 Å². The molecular weight excluding hydrogens is 566 g/mol. The molecule has 1 aromatic heterocycles. The van der Waals surface area contributed by atoms with Crippen molar-refractivity contribution in [2.24, 2.45) is 5.11 Å². The lowest BCUT2D eigenvalue weighted by molar-refractivity contribution is -0.198. The summed E-state index contributed by atoms with van der Waals surface area (Å²) in [5.74, 6) is -0.991. The zero-order valence-electron chi connectivity index (χ0n) is 23.4. The molecule has 1 aliphatic heterocycles. The van der Waals surface area contributed by atoms with Crippen molar-refractivity contribution in [1.82, 2.24) is 20.3 Å². The Bertz CT molecular complexity index is 1240. The van der Waals surface area contributed by atoms with Crippen LogP contribution < -0.4 is 5.32 Å². The van der Waals surface area contributed by atoms with Crippen LogP contribution in [0.15, 0.2) is 46.5 Å². The summed E-state index contributed by atoms with van der Waals surface area (Å²) < 4.78 is 12.7. The molecule has 1 aromatic carbocycles. The van der Waals surface area contributed by atoms with E-state index in [1.165, 1.54) is 18.2 Å². The van der Waals surface area contributed by atoms with E-state index in [0.717, 1.165) is 43.1 Å². The summed E-state index contributed by atoms with van der Waals surface area (Å²) in [6.45, 7) is -0.497. The molecule has 2 aliphatic rings. The number of azide groups is 1. The highest BCUT2D eigenvalue weighted by atomic mass is 32.2. The summed E-state index contributed by atoms with van der Waals surface area (Å²) >= 11 is 1.01. The number of carbonyl (C=O) groups excluding carboxylic acids is 2. The number of nitrogens with one attached hydrogen (secondary N) is 1. The van der Waals surface area contributed by atoms with Gasteiger partial charge in [0, 0.05) is 34.8 Å². The number of amides is 1. The van der Waals surface area contributed by atoms with Crippen molar-refractivity contribution in [1.29, 1.82) is 0 Å². The van der Waals surface area contributed by atoms with Gasteiger partial charge in [-0.25, -0.2) is 9.48 Å². The molecule has 2 heterocycles. The average molecular weight is 604 g/mol. The number of aliphatic hydroxyl groups is 3. The maximum atomic E-state index is 13.1.